The minimum atomic E-state index is -0.303. The SMILES string of the molecule is Cc1nc(NC(=O)c2csnn2)ccc1Br. The molecule has 0 saturated heterocycles. The Morgan fingerprint density at radius 2 is 2.31 bits per heavy atom. The Bertz CT molecular complexity index is 514. The van der Waals surface area contributed by atoms with Gasteiger partial charge in [-0.2, -0.15) is 0 Å². The lowest BCUT2D eigenvalue weighted by atomic mass is 10.3. The van der Waals surface area contributed by atoms with E-state index in [4.69, 9.17) is 0 Å². The van der Waals surface area contributed by atoms with Gasteiger partial charge in [0.1, 0.15) is 5.82 Å². The van der Waals surface area contributed by atoms with E-state index < -0.39 is 0 Å². The van der Waals surface area contributed by atoms with Crippen molar-refractivity contribution in [1.29, 1.82) is 0 Å². The second-order valence-electron chi connectivity index (χ2n) is 3.01. The van der Waals surface area contributed by atoms with Crippen LogP contribution in [0.3, 0.4) is 0 Å². The van der Waals surface area contributed by atoms with Crippen LogP contribution in [0.25, 0.3) is 0 Å². The first-order valence-corrected chi connectivity index (χ1v) is 6.01. The lowest BCUT2D eigenvalue weighted by molar-refractivity contribution is 0.102. The minimum Gasteiger partial charge on any atom is -0.305 e. The zero-order valence-electron chi connectivity index (χ0n) is 8.27. The highest BCUT2D eigenvalue weighted by molar-refractivity contribution is 9.10. The number of aryl methyl sites for hydroxylation is 1. The number of carbonyl (C=O) groups is 1. The minimum absolute atomic E-state index is 0.298. The van der Waals surface area contributed by atoms with Gasteiger partial charge in [-0.15, -0.1) is 5.10 Å². The summed E-state index contributed by atoms with van der Waals surface area (Å²) in [5, 5.41) is 7.90. The predicted molar refractivity (Wildman–Crippen MR) is 64.5 cm³/mol. The van der Waals surface area contributed by atoms with Crippen LogP contribution in [0.2, 0.25) is 0 Å². The highest BCUT2D eigenvalue weighted by Gasteiger charge is 2.09. The van der Waals surface area contributed by atoms with Gasteiger partial charge in [0.15, 0.2) is 5.69 Å². The summed E-state index contributed by atoms with van der Waals surface area (Å²) < 4.78 is 4.52. The molecule has 0 aliphatic carbocycles. The molecule has 0 aromatic carbocycles. The van der Waals surface area contributed by atoms with Gasteiger partial charge >= 0.3 is 0 Å². The summed E-state index contributed by atoms with van der Waals surface area (Å²) in [5.74, 6) is 0.196. The van der Waals surface area contributed by atoms with Crippen molar-refractivity contribution >= 4 is 39.2 Å². The smallest absolute Gasteiger partial charge is 0.278 e. The molecular formula is C9H7BrN4OS. The van der Waals surface area contributed by atoms with Crippen molar-refractivity contribution in [3.63, 3.8) is 0 Å². The number of nitrogens with one attached hydrogen (secondary N) is 1. The maximum atomic E-state index is 11.6. The zero-order valence-corrected chi connectivity index (χ0v) is 10.7. The average molecular weight is 299 g/mol. The number of pyridine rings is 1. The Kier molecular flexibility index (Phi) is 3.25. The summed E-state index contributed by atoms with van der Waals surface area (Å²) in [6.07, 6.45) is 0. The normalized spacial score (nSPS) is 10.1. The van der Waals surface area contributed by atoms with E-state index in [1.54, 1.807) is 11.4 Å². The average Bonchev–Trinajstić information content (AvgIpc) is 2.77. The molecule has 7 heteroatoms. The number of aromatic nitrogens is 3. The number of nitrogens with zero attached hydrogens (tertiary/aromatic N) is 3. The molecule has 2 rings (SSSR count). The molecule has 82 valence electrons. The van der Waals surface area contributed by atoms with E-state index in [1.165, 1.54) is 0 Å². The van der Waals surface area contributed by atoms with Crippen molar-refractivity contribution in [1.82, 2.24) is 14.6 Å². The van der Waals surface area contributed by atoms with Gasteiger partial charge in [-0.25, -0.2) is 4.98 Å². The van der Waals surface area contributed by atoms with Gasteiger partial charge in [0.05, 0.1) is 5.69 Å². The number of anilines is 1. The van der Waals surface area contributed by atoms with E-state index >= 15 is 0 Å². The highest BCUT2D eigenvalue weighted by Crippen LogP contribution is 2.16. The van der Waals surface area contributed by atoms with Crippen LogP contribution in [-0.4, -0.2) is 20.5 Å². The first kappa shape index (κ1) is 11.2. The summed E-state index contributed by atoms with van der Waals surface area (Å²) in [6.45, 7) is 1.85. The molecule has 0 bridgehead atoms. The molecule has 2 aromatic rings. The van der Waals surface area contributed by atoms with Crippen molar-refractivity contribution in [2.75, 3.05) is 5.32 Å². The first-order chi connectivity index (χ1) is 7.66. The fourth-order valence-electron chi connectivity index (χ4n) is 1.06. The summed E-state index contributed by atoms with van der Waals surface area (Å²) in [6, 6.07) is 3.55. The molecule has 2 heterocycles. The number of hydrogen-bond donors (Lipinski definition) is 1. The van der Waals surface area contributed by atoms with E-state index in [0.717, 1.165) is 21.7 Å². The third-order valence-electron chi connectivity index (χ3n) is 1.86. The van der Waals surface area contributed by atoms with Crippen LogP contribution >= 0.6 is 27.5 Å². The van der Waals surface area contributed by atoms with Crippen LogP contribution in [-0.2, 0) is 0 Å². The van der Waals surface area contributed by atoms with Crippen LogP contribution in [0, 0.1) is 6.92 Å². The Balaban J connectivity index is 2.15. The molecular weight excluding hydrogens is 292 g/mol. The van der Waals surface area contributed by atoms with Crippen molar-refractivity contribution in [2.24, 2.45) is 0 Å². The third-order valence-corrected chi connectivity index (χ3v) is 3.20. The molecule has 0 spiro atoms. The maximum absolute atomic E-state index is 11.6. The molecule has 1 N–H and O–H groups in total. The topological polar surface area (TPSA) is 67.8 Å². The van der Waals surface area contributed by atoms with E-state index in [1.807, 2.05) is 13.0 Å². The van der Waals surface area contributed by atoms with Crippen molar-refractivity contribution in [3.05, 3.63) is 33.4 Å². The molecule has 16 heavy (non-hydrogen) atoms. The highest BCUT2D eigenvalue weighted by atomic mass is 79.9. The number of rotatable bonds is 2. The summed E-state index contributed by atoms with van der Waals surface area (Å²) >= 11 is 4.47. The second-order valence-corrected chi connectivity index (χ2v) is 4.47. The van der Waals surface area contributed by atoms with Crippen LogP contribution in [0.1, 0.15) is 16.2 Å². The van der Waals surface area contributed by atoms with E-state index in [0.29, 0.717) is 11.5 Å². The molecule has 0 radical (unpaired) electrons. The Labute approximate surface area is 104 Å². The molecule has 0 fully saturated rings. The first-order valence-electron chi connectivity index (χ1n) is 4.38. The number of hydrogen-bond acceptors (Lipinski definition) is 5. The van der Waals surface area contributed by atoms with Crippen molar-refractivity contribution < 1.29 is 4.79 Å². The largest absolute Gasteiger partial charge is 0.305 e. The maximum Gasteiger partial charge on any atom is 0.278 e. The van der Waals surface area contributed by atoms with Gasteiger partial charge in [-0.3, -0.25) is 4.79 Å². The molecule has 1 amide bonds. The van der Waals surface area contributed by atoms with E-state index in [-0.39, 0.29) is 5.91 Å². The van der Waals surface area contributed by atoms with Crippen molar-refractivity contribution in [3.8, 4) is 0 Å². The standard InChI is InChI=1S/C9H7BrN4OS/c1-5-6(10)2-3-8(11-5)12-9(15)7-4-16-14-13-7/h2-4H,1H3,(H,11,12,15). The van der Waals surface area contributed by atoms with E-state index in [9.17, 15) is 4.79 Å². The third kappa shape index (κ3) is 2.42. The van der Waals surface area contributed by atoms with Crippen molar-refractivity contribution in [2.45, 2.75) is 6.92 Å². The van der Waals surface area contributed by atoms with Gasteiger partial charge in [-0.1, -0.05) is 4.49 Å². The molecule has 5 nitrogen and oxygen atoms in total. The van der Waals surface area contributed by atoms with Crippen LogP contribution in [0.15, 0.2) is 22.0 Å². The van der Waals surface area contributed by atoms with Crippen LogP contribution in [0.5, 0.6) is 0 Å². The summed E-state index contributed by atoms with van der Waals surface area (Å²) in [7, 11) is 0. The van der Waals surface area contributed by atoms with Gasteiger partial charge < -0.3 is 5.32 Å². The van der Waals surface area contributed by atoms with Crippen LogP contribution in [0.4, 0.5) is 5.82 Å². The Morgan fingerprint density at radius 3 is 2.94 bits per heavy atom. The Hall–Kier alpha value is -1.34. The molecule has 0 aliphatic rings. The monoisotopic (exact) mass is 298 g/mol. The zero-order chi connectivity index (χ0) is 11.5. The molecule has 0 atom stereocenters. The predicted octanol–water partition coefficient (Wildman–Crippen LogP) is 2.26. The second kappa shape index (κ2) is 4.67. The summed E-state index contributed by atoms with van der Waals surface area (Å²) in [5.41, 5.74) is 1.11. The van der Waals surface area contributed by atoms with E-state index in [2.05, 4.69) is 35.8 Å². The fourth-order valence-corrected chi connectivity index (χ4v) is 1.71. The van der Waals surface area contributed by atoms with Gasteiger partial charge in [0.25, 0.3) is 5.91 Å². The number of amides is 1. The fraction of sp³-hybridized carbons (Fsp3) is 0.111. The summed E-state index contributed by atoms with van der Waals surface area (Å²) in [4.78, 5) is 15.8. The quantitative estimate of drug-likeness (QED) is 0.923. The number of halogens is 1. The van der Waals surface area contributed by atoms with Crippen LogP contribution < -0.4 is 5.32 Å². The molecule has 0 unspecified atom stereocenters. The lowest BCUT2D eigenvalue weighted by Gasteiger charge is -2.03. The molecule has 2 aromatic heterocycles. The molecule has 0 saturated carbocycles. The number of carbonyl (C=O) groups excluding carboxylic acids is 1. The lowest BCUT2D eigenvalue weighted by Crippen LogP contribution is -2.13. The van der Waals surface area contributed by atoms with Gasteiger partial charge in [0, 0.05) is 9.85 Å². The Morgan fingerprint density at radius 1 is 1.50 bits per heavy atom. The molecule has 0 aliphatic heterocycles. The van der Waals surface area contributed by atoms with Gasteiger partial charge in [-0.05, 0) is 46.5 Å². The van der Waals surface area contributed by atoms with Gasteiger partial charge in [0.2, 0.25) is 0 Å².